The summed E-state index contributed by atoms with van der Waals surface area (Å²) in [4.78, 5) is 4.19. The number of halogens is 1. The van der Waals surface area contributed by atoms with Gasteiger partial charge in [0, 0.05) is 17.3 Å². The van der Waals surface area contributed by atoms with E-state index in [-0.39, 0.29) is 12.1 Å². The van der Waals surface area contributed by atoms with Crippen molar-refractivity contribution in [3.05, 3.63) is 58.9 Å². The van der Waals surface area contributed by atoms with Gasteiger partial charge in [0.2, 0.25) is 0 Å². The van der Waals surface area contributed by atoms with Gasteiger partial charge in [-0.2, -0.15) is 0 Å². The van der Waals surface area contributed by atoms with Gasteiger partial charge in [-0.3, -0.25) is 4.98 Å². The van der Waals surface area contributed by atoms with Gasteiger partial charge in [-0.15, -0.1) is 0 Å². The SMILES string of the molecule is CC(C)Oc1cncc(C(N)Cc2cccc(Cl)c2)c1. The molecule has 0 saturated carbocycles. The van der Waals surface area contributed by atoms with Crippen LogP contribution >= 0.6 is 11.6 Å². The molecule has 2 aromatic rings. The molecular weight excluding hydrogens is 272 g/mol. The van der Waals surface area contributed by atoms with E-state index < -0.39 is 0 Å². The third-order valence-corrected chi connectivity index (χ3v) is 3.11. The molecule has 0 radical (unpaired) electrons. The van der Waals surface area contributed by atoms with Gasteiger partial charge >= 0.3 is 0 Å². The van der Waals surface area contributed by atoms with Crippen molar-refractivity contribution in [1.29, 1.82) is 0 Å². The van der Waals surface area contributed by atoms with Crippen LogP contribution in [-0.2, 0) is 6.42 Å². The van der Waals surface area contributed by atoms with Crippen LogP contribution in [0.25, 0.3) is 0 Å². The van der Waals surface area contributed by atoms with E-state index in [4.69, 9.17) is 22.1 Å². The molecule has 1 atom stereocenters. The first-order valence-corrected chi connectivity index (χ1v) is 7.04. The fourth-order valence-electron chi connectivity index (χ4n) is 2.01. The molecule has 0 spiro atoms. The number of ether oxygens (including phenoxy) is 1. The van der Waals surface area contributed by atoms with Crippen LogP contribution in [0.5, 0.6) is 5.75 Å². The number of hydrogen-bond acceptors (Lipinski definition) is 3. The molecular formula is C16H19ClN2O. The number of nitrogens with zero attached hydrogens (tertiary/aromatic N) is 1. The van der Waals surface area contributed by atoms with E-state index in [1.54, 1.807) is 12.4 Å². The largest absolute Gasteiger partial charge is 0.489 e. The number of benzene rings is 1. The van der Waals surface area contributed by atoms with Crippen molar-refractivity contribution in [3.63, 3.8) is 0 Å². The maximum Gasteiger partial charge on any atom is 0.138 e. The minimum absolute atomic E-state index is 0.121. The first-order chi connectivity index (χ1) is 9.54. The molecule has 0 fully saturated rings. The minimum Gasteiger partial charge on any atom is -0.489 e. The zero-order valence-corrected chi connectivity index (χ0v) is 12.5. The predicted octanol–water partition coefficient (Wildman–Crippen LogP) is 3.76. The van der Waals surface area contributed by atoms with Crippen molar-refractivity contribution in [1.82, 2.24) is 4.98 Å². The molecule has 0 saturated heterocycles. The van der Waals surface area contributed by atoms with E-state index in [9.17, 15) is 0 Å². The van der Waals surface area contributed by atoms with Crippen molar-refractivity contribution in [3.8, 4) is 5.75 Å². The summed E-state index contributed by atoms with van der Waals surface area (Å²) in [5.41, 5.74) is 8.31. The van der Waals surface area contributed by atoms with Gasteiger partial charge in [0.15, 0.2) is 0 Å². The van der Waals surface area contributed by atoms with Gasteiger partial charge < -0.3 is 10.5 Å². The number of pyridine rings is 1. The van der Waals surface area contributed by atoms with Crippen molar-refractivity contribution < 1.29 is 4.74 Å². The summed E-state index contributed by atoms with van der Waals surface area (Å²) in [5, 5.41) is 0.727. The van der Waals surface area contributed by atoms with Crippen molar-refractivity contribution in [2.45, 2.75) is 32.4 Å². The molecule has 1 heterocycles. The van der Waals surface area contributed by atoms with E-state index in [0.717, 1.165) is 21.9 Å². The summed E-state index contributed by atoms with van der Waals surface area (Å²) in [7, 11) is 0. The van der Waals surface area contributed by atoms with Gasteiger partial charge in [0.25, 0.3) is 0 Å². The Bertz CT molecular complexity index is 572. The van der Waals surface area contributed by atoms with Gasteiger partial charge in [0.05, 0.1) is 12.3 Å². The van der Waals surface area contributed by atoms with E-state index in [0.29, 0.717) is 6.42 Å². The highest BCUT2D eigenvalue weighted by Gasteiger charge is 2.10. The fraction of sp³-hybridized carbons (Fsp3) is 0.312. The zero-order valence-electron chi connectivity index (χ0n) is 11.7. The van der Waals surface area contributed by atoms with Crippen LogP contribution in [0.15, 0.2) is 42.7 Å². The maximum absolute atomic E-state index is 6.24. The van der Waals surface area contributed by atoms with Crippen LogP contribution < -0.4 is 10.5 Å². The van der Waals surface area contributed by atoms with Gasteiger partial charge in [-0.05, 0) is 49.6 Å². The molecule has 106 valence electrons. The standard InChI is InChI=1S/C16H19ClN2O/c1-11(2)20-15-8-13(9-19-10-15)16(18)7-12-4-3-5-14(17)6-12/h3-6,8-11,16H,7,18H2,1-2H3. The average Bonchev–Trinajstić information content (AvgIpc) is 2.38. The van der Waals surface area contributed by atoms with Crippen LogP contribution in [0.2, 0.25) is 5.02 Å². The van der Waals surface area contributed by atoms with Crippen molar-refractivity contribution >= 4 is 11.6 Å². The topological polar surface area (TPSA) is 48.1 Å². The lowest BCUT2D eigenvalue weighted by molar-refractivity contribution is 0.241. The molecule has 2 N–H and O–H groups in total. The molecule has 0 aliphatic rings. The predicted molar refractivity (Wildman–Crippen MR) is 82.1 cm³/mol. The normalized spacial score (nSPS) is 12.4. The van der Waals surface area contributed by atoms with Gasteiger partial charge in [-0.25, -0.2) is 0 Å². The molecule has 3 nitrogen and oxygen atoms in total. The highest BCUT2D eigenvalue weighted by molar-refractivity contribution is 6.30. The lowest BCUT2D eigenvalue weighted by Crippen LogP contribution is -2.14. The number of rotatable bonds is 5. The molecule has 1 aromatic heterocycles. The Hall–Kier alpha value is -1.58. The van der Waals surface area contributed by atoms with E-state index in [1.807, 2.05) is 44.2 Å². The number of hydrogen-bond donors (Lipinski definition) is 1. The second-order valence-electron chi connectivity index (χ2n) is 5.06. The quantitative estimate of drug-likeness (QED) is 0.912. The highest BCUT2D eigenvalue weighted by Crippen LogP contribution is 2.21. The fourth-order valence-corrected chi connectivity index (χ4v) is 2.22. The Kier molecular flexibility index (Phi) is 4.99. The second-order valence-corrected chi connectivity index (χ2v) is 5.50. The van der Waals surface area contributed by atoms with E-state index in [2.05, 4.69) is 4.98 Å². The monoisotopic (exact) mass is 290 g/mol. The third-order valence-electron chi connectivity index (χ3n) is 2.88. The zero-order chi connectivity index (χ0) is 14.5. The lowest BCUT2D eigenvalue weighted by atomic mass is 10.0. The van der Waals surface area contributed by atoms with Crippen LogP contribution in [0.3, 0.4) is 0 Å². The average molecular weight is 291 g/mol. The summed E-state index contributed by atoms with van der Waals surface area (Å²) in [5.74, 6) is 0.749. The summed E-state index contributed by atoms with van der Waals surface area (Å²) in [6, 6.07) is 9.56. The molecule has 1 aromatic carbocycles. The van der Waals surface area contributed by atoms with Crippen LogP contribution in [0, 0.1) is 0 Å². The third kappa shape index (κ3) is 4.22. The Balaban J connectivity index is 2.10. The van der Waals surface area contributed by atoms with Crippen LogP contribution in [0.4, 0.5) is 0 Å². The van der Waals surface area contributed by atoms with Crippen LogP contribution in [-0.4, -0.2) is 11.1 Å². The smallest absolute Gasteiger partial charge is 0.138 e. The van der Waals surface area contributed by atoms with Crippen molar-refractivity contribution in [2.24, 2.45) is 5.73 Å². The van der Waals surface area contributed by atoms with Crippen molar-refractivity contribution in [2.75, 3.05) is 0 Å². The lowest BCUT2D eigenvalue weighted by Gasteiger charge is -2.15. The number of aromatic nitrogens is 1. The molecule has 0 aliphatic heterocycles. The van der Waals surface area contributed by atoms with Crippen LogP contribution in [0.1, 0.15) is 31.0 Å². The second kappa shape index (κ2) is 6.73. The molecule has 4 heteroatoms. The Morgan fingerprint density at radius 3 is 2.75 bits per heavy atom. The Labute approximate surface area is 124 Å². The Morgan fingerprint density at radius 2 is 2.05 bits per heavy atom. The molecule has 0 amide bonds. The summed E-state index contributed by atoms with van der Waals surface area (Å²) in [6.45, 7) is 3.97. The highest BCUT2D eigenvalue weighted by atomic mass is 35.5. The first-order valence-electron chi connectivity index (χ1n) is 6.66. The van der Waals surface area contributed by atoms with Gasteiger partial charge in [0.1, 0.15) is 5.75 Å². The molecule has 0 bridgehead atoms. The summed E-state index contributed by atoms with van der Waals surface area (Å²) in [6.07, 6.45) is 4.32. The van der Waals surface area contributed by atoms with E-state index >= 15 is 0 Å². The molecule has 20 heavy (non-hydrogen) atoms. The Morgan fingerprint density at radius 1 is 1.25 bits per heavy atom. The van der Waals surface area contributed by atoms with Gasteiger partial charge in [-0.1, -0.05) is 23.7 Å². The molecule has 1 unspecified atom stereocenters. The summed E-state index contributed by atoms with van der Waals surface area (Å²) < 4.78 is 5.64. The minimum atomic E-state index is -0.128. The van der Waals surface area contributed by atoms with E-state index in [1.165, 1.54) is 0 Å². The molecule has 0 aliphatic carbocycles. The maximum atomic E-state index is 6.24. The number of nitrogens with two attached hydrogens (primary N) is 1. The first kappa shape index (κ1) is 14.8. The molecule has 2 rings (SSSR count). The summed E-state index contributed by atoms with van der Waals surface area (Å²) >= 11 is 5.98.